The molecule has 0 spiro atoms. The predicted molar refractivity (Wildman–Crippen MR) is 108 cm³/mol. The highest BCUT2D eigenvalue weighted by molar-refractivity contribution is 6.42. The first-order valence-corrected chi connectivity index (χ1v) is 9.15. The number of hydrazone groups is 1. The van der Waals surface area contributed by atoms with Gasteiger partial charge in [0.1, 0.15) is 5.15 Å². The van der Waals surface area contributed by atoms with Gasteiger partial charge in [0, 0.05) is 0 Å². The Hall–Kier alpha value is -1.69. The first-order chi connectivity index (χ1) is 12.4. The second-order valence-electron chi connectivity index (χ2n) is 5.90. The lowest BCUT2D eigenvalue weighted by Gasteiger charge is -2.12. The summed E-state index contributed by atoms with van der Waals surface area (Å²) in [6.45, 7) is 4.95. The van der Waals surface area contributed by atoms with Crippen LogP contribution in [-0.2, 0) is 0 Å². The SMILES string of the molecule is COc1cc(C=NNc2nc(Cl)c(Cl)cc2Cl)ccc1OCCC(C)C. The third kappa shape index (κ3) is 5.94. The minimum Gasteiger partial charge on any atom is -0.493 e. The van der Waals surface area contributed by atoms with E-state index in [4.69, 9.17) is 44.3 Å². The number of nitrogens with one attached hydrogen (secondary N) is 1. The molecule has 26 heavy (non-hydrogen) atoms. The van der Waals surface area contributed by atoms with Gasteiger partial charge in [0.15, 0.2) is 17.3 Å². The summed E-state index contributed by atoms with van der Waals surface area (Å²) in [5.74, 6) is 2.24. The molecule has 0 aliphatic carbocycles. The van der Waals surface area contributed by atoms with Crippen LogP contribution in [0.5, 0.6) is 11.5 Å². The van der Waals surface area contributed by atoms with E-state index in [2.05, 4.69) is 29.4 Å². The fourth-order valence-electron chi connectivity index (χ4n) is 1.98. The number of nitrogens with zero attached hydrogens (tertiary/aromatic N) is 2. The van der Waals surface area contributed by atoms with Crippen LogP contribution >= 0.6 is 34.8 Å². The minimum atomic E-state index is 0.151. The average Bonchev–Trinajstić information content (AvgIpc) is 2.60. The second kappa shape index (κ2) is 9.86. The summed E-state index contributed by atoms with van der Waals surface area (Å²) >= 11 is 17.8. The Labute approximate surface area is 168 Å². The van der Waals surface area contributed by atoms with Gasteiger partial charge in [-0.15, -0.1) is 0 Å². The first kappa shape index (κ1) is 20.6. The fraction of sp³-hybridized carbons (Fsp3) is 0.333. The zero-order valence-electron chi connectivity index (χ0n) is 14.7. The molecule has 2 rings (SSSR count). The van der Waals surface area contributed by atoms with Crippen molar-refractivity contribution in [3.63, 3.8) is 0 Å². The number of pyridine rings is 1. The van der Waals surface area contributed by atoms with Crippen molar-refractivity contribution in [3.05, 3.63) is 45.0 Å². The van der Waals surface area contributed by atoms with Gasteiger partial charge in [0.2, 0.25) is 0 Å². The number of ether oxygens (including phenoxy) is 2. The van der Waals surface area contributed by atoms with Crippen LogP contribution in [0.2, 0.25) is 15.2 Å². The molecule has 0 radical (unpaired) electrons. The van der Waals surface area contributed by atoms with Gasteiger partial charge < -0.3 is 9.47 Å². The van der Waals surface area contributed by atoms with E-state index < -0.39 is 0 Å². The van der Waals surface area contributed by atoms with Crippen LogP contribution in [0.15, 0.2) is 29.4 Å². The smallest absolute Gasteiger partial charge is 0.166 e. The number of anilines is 1. The second-order valence-corrected chi connectivity index (χ2v) is 7.08. The predicted octanol–water partition coefficient (Wildman–Crippen LogP) is 5.92. The van der Waals surface area contributed by atoms with E-state index in [-0.39, 0.29) is 10.2 Å². The van der Waals surface area contributed by atoms with Gasteiger partial charge in [-0.05, 0) is 42.2 Å². The van der Waals surface area contributed by atoms with E-state index in [1.54, 1.807) is 13.3 Å². The van der Waals surface area contributed by atoms with Crippen LogP contribution in [0.25, 0.3) is 0 Å². The summed E-state index contributed by atoms with van der Waals surface area (Å²) < 4.78 is 11.2. The molecule has 0 bridgehead atoms. The molecule has 0 fully saturated rings. The largest absolute Gasteiger partial charge is 0.493 e. The summed E-state index contributed by atoms with van der Waals surface area (Å²) in [4.78, 5) is 4.03. The maximum atomic E-state index is 6.04. The Balaban J connectivity index is 2.05. The van der Waals surface area contributed by atoms with Gasteiger partial charge in [0.25, 0.3) is 0 Å². The molecule has 1 N–H and O–H groups in total. The molecule has 0 amide bonds. The highest BCUT2D eigenvalue weighted by atomic mass is 35.5. The third-order valence-electron chi connectivity index (χ3n) is 3.41. The molecule has 1 heterocycles. The molecule has 140 valence electrons. The maximum Gasteiger partial charge on any atom is 0.166 e. The van der Waals surface area contributed by atoms with Gasteiger partial charge in [-0.3, -0.25) is 5.43 Å². The van der Waals surface area contributed by atoms with Crippen LogP contribution in [0.4, 0.5) is 5.82 Å². The Bertz CT molecular complexity index is 783. The number of halogens is 3. The van der Waals surface area contributed by atoms with Crippen molar-refractivity contribution in [2.75, 3.05) is 19.1 Å². The maximum absolute atomic E-state index is 6.04. The number of hydrogen-bond acceptors (Lipinski definition) is 5. The number of aromatic nitrogens is 1. The van der Waals surface area contributed by atoms with Crippen LogP contribution in [0, 0.1) is 5.92 Å². The zero-order valence-corrected chi connectivity index (χ0v) is 17.0. The van der Waals surface area contributed by atoms with Crippen molar-refractivity contribution in [1.82, 2.24) is 4.98 Å². The lowest BCUT2D eigenvalue weighted by Crippen LogP contribution is -2.03. The lowest BCUT2D eigenvalue weighted by atomic mass is 10.1. The van der Waals surface area contributed by atoms with Crippen molar-refractivity contribution < 1.29 is 9.47 Å². The summed E-state index contributed by atoms with van der Waals surface area (Å²) in [5, 5.41) is 4.87. The van der Waals surface area contributed by atoms with Crippen molar-refractivity contribution in [2.24, 2.45) is 11.0 Å². The first-order valence-electron chi connectivity index (χ1n) is 8.02. The van der Waals surface area contributed by atoms with Crippen LogP contribution in [-0.4, -0.2) is 24.9 Å². The standard InChI is InChI=1S/C18H20Cl3N3O2/c1-11(2)6-7-26-15-5-4-12(8-16(15)25-3)10-22-24-18-14(20)9-13(19)17(21)23-18/h4-5,8-11H,6-7H2,1-3H3,(H,23,24). The van der Waals surface area contributed by atoms with E-state index in [9.17, 15) is 0 Å². The van der Waals surface area contributed by atoms with Gasteiger partial charge >= 0.3 is 0 Å². The van der Waals surface area contributed by atoms with Crippen molar-refractivity contribution in [3.8, 4) is 11.5 Å². The quantitative estimate of drug-likeness (QED) is 0.329. The Morgan fingerprint density at radius 1 is 1.15 bits per heavy atom. The van der Waals surface area contributed by atoms with Gasteiger partial charge in [0.05, 0.1) is 30.0 Å². The molecular formula is C18H20Cl3N3O2. The van der Waals surface area contributed by atoms with Crippen LogP contribution in [0.3, 0.4) is 0 Å². The topological polar surface area (TPSA) is 55.7 Å². The highest BCUT2D eigenvalue weighted by Gasteiger charge is 2.08. The van der Waals surface area contributed by atoms with E-state index in [1.807, 2.05) is 18.2 Å². The molecule has 0 unspecified atom stereocenters. The lowest BCUT2D eigenvalue weighted by molar-refractivity contribution is 0.273. The van der Waals surface area contributed by atoms with Crippen molar-refractivity contribution in [2.45, 2.75) is 20.3 Å². The average molecular weight is 417 g/mol. The van der Waals surface area contributed by atoms with E-state index >= 15 is 0 Å². The number of hydrogen-bond donors (Lipinski definition) is 1. The van der Waals surface area contributed by atoms with Gasteiger partial charge in [-0.2, -0.15) is 5.10 Å². The van der Waals surface area contributed by atoms with E-state index in [0.29, 0.717) is 34.9 Å². The van der Waals surface area contributed by atoms with Gasteiger partial charge in [-0.1, -0.05) is 48.7 Å². The molecule has 8 heteroatoms. The summed E-state index contributed by atoms with van der Waals surface area (Å²) in [6, 6.07) is 7.07. The zero-order chi connectivity index (χ0) is 19.1. The number of rotatable bonds is 8. The van der Waals surface area contributed by atoms with Crippen molar-refractivity contribution in [1.29, 1.82) is 0 Å². The van der Waals surface area contributed by atoms with Crippen LogP contribution in [0.1, 0.15) is 25.8 Å². The summed E-state index contributed by atoms with van der Waals surface area (Å²) in [5.41, 5.74) is 3.56. The molecule has 2 aromatic rings. The normalized spacial score (nSPS) is 11.2. The number of methoxy groups -OCH3 is 1. The molecule has 5 nitrogen and oxygen atoms in total. The monoisotopic (exact) mass is 415 g/mol. The molecular weight excluding hydrogens is 397 g/mol. The molecule has 1 aromatic heterocycles. The Morgan fingerprint density at radius 3 is 2.62 bits per heavy atom. The molecule has 1 aromatic carbocycles. The van der Waals surface area contributed by atoms with E-state index in [1.165, 1.54) is 6.07 Å². The summed E-state index contributed by atoms with van der Waals surface area (Å²) in [7, 11) is 1.60. The minimum absolute atomic E-state index is 0.151. The third-order valence-corrected chi connectivity index (χ3v) is 4.37. The fourth-order valence-corrected chi connectivity index (χ4v) is 2.52. The van der Waals surface area contributed by atoms with Crippen molar-refractivity contribution >= 4 is 46.8 Å². The molecule has 0 saturated heterocycles. The molecule has 0 aliphatic heterocycles. The number of benzene rings is 1. The van der Waals surface area contributed by atoms with Crippen LogP contribution < -0.4 is 14.9 Å². The Kier molecular flexibility index (Phi) is 7.82. The van der Waals surface area contributed by atoms with Gasteiger partial charge in [-0.25, -0.2) is 4.98 Å². The molecule has 0 saturated carbocycles. The Morgan fingerprint density at radius 2 is 1.92 bits per heavy atom. The summed E-state index contributed by atoms with van der Waals surface area (Å²) in [6.07, 6.45) is 2.59. The highest BCUT2D eigenvalue weighted by Crippen LogP contribution is 2.29. The van der Waals surface area contributed by atoms with E-state index in [0.717, 1.165) is 12.0 Å². The molecule has 0 atom stereocenters. The molecule has 0 aliphatic rings.